The van der Waals surface area contributed by atoms with Crippen LogP contribution < -0.4 is 19.9 Å². The Labute approximate surface area is 143 Å². The molecular formula is C15H13ClN2O5S. The molecule has 0 aromatic heterocycles. The van der Waals surface area contributed by atoms with E-state index in [0.717, 1.165) is 0 Å². The standard InChI is InChI=1S/C15H13ClN2O5S/c1-8-2-3-10(6-13(8)24(17,20)21)18-15(19)9-4-11(16)14-12(5-9)22-7-23-14/h2-6H,7H2,1H3,(H,18,19)(H2,17,20,21). The maximum absolute atomic E-state index is 12.4. The van der Waals surface area contributed by atoms with Crippen LogP contribution >= 0.6 is 11.6 Å². The first-order chi connectivity index (χ1) is 11.3. The van der Waals surface area contributed by atoms with Gasteiger partial charge in [-0.15, -0.1) is 0 Å². The molecule has 24 heavy (non-hydrogen) atoms. The molecule has 0 aliphatic carbocycles. The predicted molar refractivity (Wildman–Crippen MR) is 88.1 cm³/mol. The molecule has 3 N–H and O–H groups in total. The van der Waals surface area contributed by atoms with Crippen LogP contribution in [0.15, 0.2) is 35.2 Å². The largest absolute Gasteiger partial charge is 0.454 e. The Morgan fingerprint density at radius 3 is 2.71 bits per heavy atom. The molecule has 1 aliphatic heterocycles. The van der Waals surface area contributed by atoms with Gasteiger partial charge in [-0.2, -0.15) is 0 Å². The fourth-order valence-corrected chi connectivity index (χ4v) is 3.36. The van der Waals surface area contributed by atoms with Crippen LogP contribution in [0.4, 0.5) is 5.69 Å². The molecule has 1 heterocycles. The topological polar surface area (TPSA) is 108 Å². The van der Waals surface area contributed by atoms with E-state index >= 15 is 0 Å². The van der Waals surface area contributed by atoms with E-state index in [2.05, 4.69) is 5.32 Å². The summed E-state index contributed by atoms with van der Waals surface area (Å²) in [5.41, 5.74) is 1.03. The van der Waals surface area contributed by atoms with Crippen LogP contribution in [0.5, 0.6) is 11.5 Å². The number of hydrogen-bond acceptors (Lipinski definition) is 5. The minimum absolute atomic E-state index is 0.0375. The van der Waals surface area contributed by atoms with Crippen molar-refractivity contribution in [1.82, 2.24) is 0 Å². The van der Waals surface area contributed by atoms with Crippen LogP contribution in [0.3, 0.4) is 0 Å². The van der Waals surface area contributed by atoms with Gasteiger partial charge in [-0.3, -0.25) is 4.79 Å². The molecule has 2 aromatic rings. The van der Waals surface area contributed by atoms with Gasteiger partial charge in [0.05, 0.1) is 9.92 Å². The second-order valence-electron chi connectivity index (χ2n) is 5.17. The van der Waals surface area contributed by atoms with Gasteiger partial charge in [0.2, 0.25) is 16.8 Å². The summed E-state index contributed by atoms with van der Waals surface area (Å²) in [5, 5.41) is 8.02. The van der Waals surface area contributed by atoms with E-state index < -0.39 is 15.9 Å². The second-order valence-corrected chi connectivity index (χ2v) is 7.11. The summed E-state index contributed by atoms with van der Waals surface area (Å²) >= 11 is 6.05. The van der Waals surface area contributed by atoms with E-state index in [0.29, 0.717) is 22.7 Å². The van der Waals surface area contributed by atoms with Crippen LogP contribution in [0.2, 0.25) is 5.02 Å². The van der Waals surface area contributed by atoms with Crippen LogP contribution in [-0.4, -0.2) is 21.1 Å². The van der Waals surface area contributed by atoms with Gasteiger partial charge in [-0.1, -0.05) is 17.7 Å². The molecule has 0 saturated heterocycles. The highest BCUT2D eigenvalue weighted by Crippen LogP contribution is 2.39. The highest BCUT2D eigenvalue weighted by Gasteiger charge is 2.21. The Morgan fingerprint density at radius 1 is 1.25 bits per heavy atom. The number of primary sulfonamides is 1. The zero-order valence-electron chi connectivity index (χ0n) is 12.5. The molecule has 0 spiro atoms. The number of benzene rings is 2. The van der Waals surface area contributed by atoms with E-state index in [1.807, 2.05) is 0 Å². The van der Waals surface area contributed by atoms with Crippen molar-refractivity contribution >= 4 is 33.2 Å². The Kier molecular flexibility index (Phi) is 4.12. The van der Waals surface area contributed by atoms with Gasteiger partial charge in [0.1, 0.15) is 0 Å². The fourth-order valence-electron chi connectivity index (χ4n) is 2.29. The first-order valence-electron chi connectivity index (χ1n) is 6.79. The highest BCUT2D eigenvalue weighted by molar-refractivity contribution is 7.89. The number of amides is 1. The Bertz CT molecular complexity index is 943. The molecule has 0 atom stereocenters. The molecule has 2 aromatic carbocycles. The quantitative estimate of drug-likeness (QED) is 0.864. The lowest BCUT2D eigenvalue weighted by atomic mass is 10.1. The number of aryl methyl sites for hydroxylation is 1. The first kappa shape index (κ1) is 16.6. The third-order valence-corrected chi connectivity index (χ3v) is 4.78. The molecule has 0 fully saturated rings. The summed E-state index contributed by atoms with van der Waals surface area (Å²) in [7, 11) is -3.88. The van der Waals surface area contributed by atoms with Gasteiger partial charge in [-0.05, 0) is 36.8 Å². The normalized spacial score (nSPS) is 13.0. The summed E-state index contributed by atoms with van der Waals surface area (Å²) in [5.74, 6) is 0.293. The van der Waals surface area contributed by atoms with Crippen molar-refractivity contribution in [2.75, 3.05) is 12.1 Å². The Balaban J connectivity index is 1.90. The first-order valence-corrected chi connectivity index (χ1v) is 8.72. The van der Waals surface area contributed by atoms with E-state index in [-0.39, 0.29) is 22.3 Å². The summed E-state index contributed by atoms with van der Waals surface area (Å²) < 4.78 is 33.5. The number of rotatable bonds is 3. The number of anilines is 1. The maximum atomic E-state index is 12.4. The lowest BCUT2D eigenvalue weighted by Gasteiger charge is -2.10. The van der Waals surface area contributed by atoms with Gasteiger partial charge >= 0.3 is 0 Å². The van der Waals surface area contributed by atoms with Gasteiger partial charge in [0.25, 0.3) is 5.91 Å². The van der Waals surface area contributed by atoms with Gasteiger partial charge in [0.15, 0.2) is 11.5 Å². The summed E-state index contributed by atoms with van der Waals surface area (Å²) in [6.45, 7) is 1.65. The van der Waals surface area contributed by atoms with Gasteiger partial charge in [0, 0.05) is 11.3 Å². The molecule has 0 saturated carbocycles. The minimum Gasteiger partial charge on any atom is -0.454 e. The predicted octanol–water partition coefficient (Wildman–Crippen LogP) is 2.28. The van der Waals surface area contributed by atoms with E-state index in [1.54, 1.807) is 19.1 Å². The Morgan fingerprint density at radius 2 is 2.00 bits per heavy atom. The summed E-state index contributed by atoms with van der Waals surface area (Å²) in [6, 6.07) is 7.38. The molecular weight excluding hydrogens is 356 g/mol. The molecule has 3 rings (SSSR count). The molecule has 1 amide bonds. The average molecular weight is 369 g/mol. The van der Waals surface area contributed by atoms with Crippen LogP contribution in [0.1, 0.15) is 15.9 Å². The number of halogens is 1. The summed E-state index contributed by atoms with van der Waals surface area (Å²) in [4.78, 5) is 12.3. The minimum atomic E-state index is -3.88. The number of carbonyl (C=O) groups excluding carboxylic acids is 1. The number of fused-ring (bicyclic) bond motifs is 1. The lowest BCUT2D eigenvalue weighted by molar-refractivity contribution is 0.102. The van der Waals surface area contributed by atoms with Crippen molar-refractivity contribution in [3.8, 4) is 11.5 Å². The number of nitrogens with two attached hydrogens (primary N) is 1. The fraction of sp³-hybridized carbons (Fsp3) is 0.133. The number of carbonyl (C=O) groups is 1. The van der Waals surface area contributed by atoms with Gasteiger partial charge in [-0.25, -0.2) is 13.6 Å². The van der Waals surface area contributed by atoms with Crippen molar-refractivity contribution < 1.29 is 22.7 Å². The molecule has 0 bridgehead atoms. The number of sulfonamides is 1. The SMILES string of the molecule is Cc1ccc(NC(=O)c2cc(Cl)c3c(c2)OCO3)cc1S(N)(=O)=O. The monoisotopic (exact) mass is 368 g/mol. The maximum Gasteiger partial charge on any atom is 0.255 e. The van der Waals surface area contributed by atoms with Crippen LogP contribution in [-0.2, 0) is 10.0 Å². The lowest BCUT2D eigenvalue weighted by Crippen LogP contribution is -2.16. The van der Waals surface area contributed by atoms with Crippen molar-refractivity contribution in [3.63, 3.8) is 0 Å². The van der Waals surface area contributed by atoms with Crippen LogP contribution in [0, 0.1) is 6.92 Å². The molecule has 126 valence electrons. The third-order valence-electron chi connectivity index (χ3n) is 3.44. The van der Waals surface area contributed by atoms with Crippen LogP contribution in [0.25, 0.3) is 0 Å². The zero-order chi connectivity index (χ0) is 17.5. The molecule has 9 heteroatoms. The molecule has 7 nitrogen and oxygen atoms in total. The Hall–Kier alpha value is -2.29. The number of hydrogen-bond donors (Lipinski definition) is 2. The number of ether oxygens (including phenoxy) is 2. The highest BCUT2D eigenvalue weighted by atomic mass is 35.5. The van der Waals surface area contributed by atoms with Crippen molar-refractivity contribution in [1.29, 1.82) is 0 Å². The van der Waals surface area contributed by atoms with Crippen molar-refractivity contribution in [3.05, 3.63) is 46.5 Å². The number of nitrogens with one attached hydrogen (secondary N) is 1. The van der Waals surface area contributed by atoms with Gasteiger partial charge < -0.3 is 14.8 Å². The zero-order valence-corrected chi connectivity index (χ0v) is 14.1. The molecule has 1 aliphatic rings. The average Bonchev–Trinajstić information content (AvgIpc) is 2.97. The third kappa shape index (κ3) is 3.16. The van der Waals surface area contributed by atoms with Crippen molar-refractivity contribution in [2.24, 2.45) is 5.14 Å². The molecule has 0 radical (unpaired) electrons. The van der Waals surface area contributed by atoms with E-state index in [9.17, 15) is 13.2 Å². The summed E-state index contributed by atoms with van der Waals surface area (Å²) in [6.07, 6.45) is 0. The van der Waals surface area contributed by atoms with E-state index in [1.165, 1.54) is 18.2 Å². The molecule has 0 unspecified atom stereocenters. The van der Waals surface area contributed by atoms with Crippen molar-refractivity contribution in [2.45, 2.75) is 11.8 Å². The van der Waals surface area contributed by atoms with E-state index in [4.69, 9.17) is 26.2 Å². The smallest absolute Gasteiger partial charge is 0.255 e. The second kappa shape index (κ2) is 5.97.